The summed E-state index contributed by atoms with van der Waals surface area (Å²) in [6.45, 7) is 1.00. The Bertz CT molecular complexity index is 1230. The zero-order valence-electron chi connectivity index (χ0n) is 18.6. The Morgan fingerprint density at radius 2 is 2.00 bits per heavy atom. The van der Waals surface area contributed by atoms with E-state index >= 15 is 0 Å². The van der Waals surface area contributed by atoms with Crippen LogP contribution in [0.15, 0.2) is 36.4 Å². The number of carbonyl (C=O) groups is 1. The highest BCUT2D eigenvalue weighted by molar-refractivity contribution is 7.17. The van der Waals surface area contributed by atoms with Gasteiger partial charge in [0.15, 0.2) is 0 Å². The first-order valence-electron chi connectivity index (χ1n) is 10.9. The fourth-order valence-corrected chi connectivity index (χ4v) is 4.79. The number of aromatic carboxylic acids is 1. The number of thiophene rings is 1. The summed E-state index contributed by atoms with van der Waals surface area (Å²) in [5, 5.41) is 16.9. The van der Waals surface area contributed by atoms with Gasteiger partial charge in [0.05, 0.1) is 22.8 Å². The van der Waals surface area contributed by atoms with Gasteiger partial charge in [0.1, 0.15) is 11.4 Å². The van der Waals surface area contributed by atoms with Crippen molar-refractivity contribution in [1.29, 1.82) is 0 Å². The summed E-state index contributed by atoms with van der Waals surface area (Å²) < 4.78 is 41.3. The van der Waals surface area contributed by atoms with Crippen molar-refractivity contribution in [3.63, 3.8) is 0 Å². The lowest BCUT2D eigenvalue weighted by molar-refractivity contribution is -0.140. The van der Waals surface area contributed by atoms with Gasteiger partial charge in [-0.2, -0.15) is 13.2 Å². The van der Waals surface area contributed by atoms with Crippen LogP contribution >= 0.6 is 11.3 Å². The number of likely N-dealkylation sites (tertiary alicyclic amines) is 1. The van der Waals surface area contributed by atoms with Gasteiger partial charge >= 0.3 is 12.1 Å². The van der Waals surface area contributed by atoms with Crippen LogP contribution in [0.2, 0.25) is 0 Å². The summed E-state index contributed by atoms with van der Waals surface area (Å²) in [6, 6.07) is 10.5. The smallest absolute Gasteiger partial charge is 0.406 e. The summed E-state index contributed by atoms with van der Waals surface area (Å²) in [5.74, 6) is 4.72. The number of piperidine rings is 1. The quantitative estimate of drug-likeness (QED) is 0.428. The topological polar surface area (TPSA) is 69.5 Å². The summed E-state index contributed by atoms with van der Waals surface area (Å²) in [4.78, 5) is 13.4. The number of alkyl halides is 3. The van der Waals surface area contributed by atoms with Crippen molar-refractivity contribution in [3.8, 4) is 11.8 Å². The van der Waals surface area contributed by atoms with E-state index in [-0.39, 0.29) is 23.2 Å². The van der Waals surface area contributed by atoms with Crippen molar-refractivity contribution < 1.29 is 23.1 Å². The van der Waals surface area contributed by atoms with Crippen molar-refractivity contribution in [1.82, 2.24) is 9.47 Å². The lowest BCUT2D eigenvalue weighted by Gasteiger charge is -2.30. The van der Waals surface area contributed by atoms with E-state index in [0.29, 0.717) is 15.9 Å². The Morgan fingerprint density at radius 1 is 1.24 bits per heavy atom. The molecule has 0 bridgehead atoms. The van der Waals surface area contributed by atoms with E-state index < -0.39 is 18.7 Å². The molecule has 3 N–H and O–H groups in total. The van der Waals surface area contributed by atoms with Crippen molar-refractivity contribution in [2.75, 3.05) is 37.3 Å². The second-order valence-electron chi connectivity index (χ2n) is 8.32. The zero-order chi connectivity index (χ0) is 24.3. The molecular weight excluding hydrogens is 465 g/mol. The minimum atomic E-state index is -4.39. The van der Waals surface area contributed by atoms with Gasteiger partial charge in [0.2, 0.25) is 0 Å². The van der Waals surface area contributed by atoms with Crippen LogP contribution in [-0.4, -0.2) is 59.4 Å². The first-order chi connectivity index (χ1) is 16.2. The fraction of sp³-hybridized carbons (Fsp3) is 0.375. The van der Waals surface area contributed by atoms with Crippen LogP contribution < -0.4 is 10.6 Å². The van der Waals surface area contributed by atoms with Gasteiger partial charge in [0, 0.05) is 17.1 Å². The third-order valence-electron chi connectivity index (χ3n) is 5.75. The van der Waals surface area contributed by atoms with E-state index in [0.717, 1.165) is 43.0 Å². The predicted molar refractivity (Wildman–Crippen MR) is 129 cm³/mol. The van der Waals surface area contributed by atoms with Crippen molar-refractivity contribution >= 4 is 38.9 Å². The highest BCUT2D eigenvalue weighted by atomic mass is 32.1. The minimum absolute atomic E-state index is 0.174. The normalized spacial score (nSPS) is 15.2. The first-order valence-corrected chi connectivity index (χ1v) is 11.7. The second-order valence-corrected chi connectivity index (χ2v) is 9.40. The Morgan fingerprint density at radius 3 is 2.68 bits per heavy atom. The number of benzene rings is 1. The molecule has 1 aromatic carbocycles. The molecule has 180 valence electrons. The van der Waals surface area contributed by atoms with E-state index in [4.69, 9.17) is 5.11 Å². The summed E-state index contributed by atoms with van der Waals surface area (Å²) in [6.07, 6.45) is -2.44. The molecule has 2 aromatic heterocycles. The van der Waals surface area contributed by atoms with Gasteiger partial charge in [-0.25, -0.2) is 4.79 Å². The van der Waals surface area contributed by atoms with Gasteiger partial charge in [0.25, 0.3) is 0 Å². The number of fused-ring (bicyclic) bond motifs is 1. The van der Waals surface area contributed by atoms with Gasteiger partial charge in [-0.1, -0.05) is 12.0 Å². The average molecular weight is 491 g/mol. The maximum absolute atomic E-state index is 13.4. The van der Waals surface area contributed by atoms with E-state index in [1.165, 1.54) is 10.6 Å². The van der Waals surface area contributed by atoms with Crippen molar-refractivity contribution in [2.45, 2.75) is 31.6 Å². The number of hydrogen-bond acceptors (Lipinski definition) is 5. The average Bonchev–Trinajstić information content (AvgIpc) is 3.38. The van der Waals surface area contributed by atoms with Crippen LogP contribution in [0.4, 0.5) is 23.9 Å². The molecule has 0 radical (unpaired) electrons. The van der Waals surface area contributed by atoms with Crippen LogP contribution in [0.1, 0.15) is 28.2 Å². The Hall–Kier alpha value is -3.16. The van der Waals surface area contributed by atoms with E-state index in [1.807, 2.05) is 6.07 Å². The molecule has 1 fully saturated rings. The molecule has 6 nitrogen and oxygen atoms in total. The molecule has 0 aliphatic carbocycles. The van der Waals surface area contributed by atoms with Crippen LogP contribution in [-0.2, 0) is 6.54 Å². The molecule has 1 aliphatic rings. The lowest BCUT2D eigenvalue weighted by Crippen LogP contribution is -2.36. The van der Waals surface area contributed by atoms with Gasteiger partial charge in [-0.05, 0) is 69.2 Å². The van der Waals surface area contributed by atoms with Crippen LogP contribution in [0, 0.1) is 11.8 Å². The number of carboxylic acid groups (broad SMARTS) is 1. The summed E-state index contributed by atoms with van der Waals surface area (Å²) in [5.41, 5.74) is 1.58. The highest BCUT2D eigenvalue weighted by Crippen LogP contribution is 2.31. The predicted octanol–water partition coefficient (Wildman–Crippen LogP) is 4.93. The molecule has 0 amide bonds. The molecule has 34 heavy (non-hydrogen) atoms. The maximum Gasteiger partial charge on any atom is 0.406 e. The molecular formula is C24H25F3N4O2S. The largest absolute Gasteiger partial charge is 0.477 e. The number of aromatic nitrogens is 1. The number of nitrogens with one attached hydrogen (secondary N) is 2. The molecule has 0 unspecified atom stereocenters. The number of rotatable bonds is 6. The third-order valence-corrected chi connectivity index (χ3v) is 6.78. The molecule has 4 rings (SSSR count). The van der Waals surface area contributed by atoms with Crippen LogP contribution in [0.3, 0.4) is 0 Å². The van der Waals surface area contributed by atoms with E-state index in [2.05, 4.69) is 34.4 Å². The van der Waals surface area contributed by atoms with E-state index in [1.54, 1.807) is 24.3 Å². The summed E-state index contributed by atoms with van der Waals surface area (Å²) in [7, 11) is 2.08. The van der Waals surface area contributed by atoms with Crippen LogP contribution in [0.25, 0.3) is 10.9 Å². The number of hydrogen-bond donors (Lipinski definition) is 3. The maximum atomic E-state index is 13.4. The van der Waals surface area contributed by atoms with Crippen molar-refractivity contribution in [2.24, 2.45) is 0 Å². The number of halogens is 3. The Labute approximate surface area is 199 Å². The first kappa shape index (κ1) is 24.0. The molecule has 3 aromatic rings. The minimum Gasteiger partial charge on any atom is -0.477 e. The van der Waals surface area contributed by atoms with Gasteiger partial charge in [-0.3, -0.25) is 0 Å². The molecule has 10 heteroatoms. The van der Waals surface area contributed by atoms with Crippen LogP contribution in [0.5, 0.6) is 0 Å². The highest BCUT2D eigenvalue weighted by Gasteiger charge is 2.30. The fourth-order valence-electron chi connectivity index (χ4n) is 4.05. The SMILES string of the molecule is CN1CCC(Nc2cccc3c2cc(C#CCNc2ccc(C(=O)O)s2)n3CC(F)(F)F)CC1. The lowest BCUT2D eigenvalue weighted by atomic mass is 10.0. The Kier molecular flexibility index (Phi) is 7.05. The molecule has 1 saturated heterocycles. The standard InChI is InChI=1S/C24H25F3N4O2S/c1-30-12-9-16(10-13-30)29-19-5-2-6-20-18(19)14-17(31(20)15-24(25,26)27)4-3-11-28-22-8-7-21(34-22)23(32)33/h2,5-8,14,16,28-29H,9-13,15H2,1H3,(H,32,33). The monoisotopic (exact) mass is 490 g/mol. The Balaban J connectivity index is 1.58. The van der Waals surface area contributed by atoms with Crippen molar-refractivity contribution in [3.05, 3.63) is 47.0 Å². The third kappa shape index (κ3) is 5.85. The molecule has 0 saturated carbocycles. The number of carboxylic acids is 1. The molecule has 0 atom stereocenters. The van der Waals surface area contributed by atoms with Gasteiger partial charge < -0.3 is 25.2 Å². The van der Waals surface area contributed by atoms with Gasteiger partial charge in [-0.15, -0.1) is 11.3 Å². The number of anilines is 2. The second kappa shape index (κ2) is 9.99. The summed E-state index contributed by atoms with van der Waals surface area (Å²) >= 11 is 1.08. The van der Waals surface area contributed by atoms with E-state index in [9.17, 15) is 18.0 Å². The molecule has 0 spiro atoms. The molecule has 3 heterocycles. The molecule has 1 aliphatic heterocycles. The number of nitrogens with zero attached hydrogens (tertiary/aromatic N) is 2. The zero-order valence-corrected chi connectivity index (χ0v) is 19.4.